The number of hydrogen-bond donors (Lipinski definition) is 1. The lowest BCUT2D eigenvalue weighted by molar-refractivity contribution is 0.513. The highest BCUT2D eigenvalue weighted by Gasteiger charge is 2.07. The highest BCUT2D eigenvalue weighted by Crippen LogP contribution is 2.15. The van der Waals surface area contributed by atoms with E-state index < -0.39 is 0 Å². The Morgan fingerprint density at radius 1 is 1.47 bits per heavy atom. The van der Waals surface area contributed by atoms with Gasteiger partial charge in [0.1, 0.15) is 0 Å². The molecule has 0 saturated heterocycles. The summed E-state index contributed by atoms with van der Waals surface area (Å²) in [6.07, 6.45) is 0.803. The zero-order valence-electron chi connectivity index (χ0n) is 8.69. The molecule has 0 amide bonds. The SMILES string of the molecule is CCn1c(=O)oc2cc(CCN)ccc21. The number of aromatic nitrogens is 1. The lowest BCUT2D eigenvalue weighted by Gasteiger charge is -1.99. The summed E-state index contributed by atoms with van der Waals surface area (Å²) in [5.74, 6) is -0.294. The van der Waals surface area contributed by atoms with Crippen LogP contribution in [0.4, 0.5) is 0 Å². The van der Waals surface area contributed by atoms with Crippen LogP contribution in [0.15, 0.2) is 27.4 Å². The van der Waals surface area contributed by atoms with Crippen LogP contribution < -0.4 is 11.5 Å². The predicted octanol–water partition coefficient (Wildman–Crippen LogP) is 1.12. The van der Waals surface area contributed by atoms with Gasteiger partial charge in [-0.05, 0) is 37.6 Å². The molecule has 0 aliphatic carbocycles. The molecule has 1 aromatic heterocycles. The molecule has 2 N–H and O–H groups in total. The minimum Gasteiger partial charge on any atom is -0.408 e. The summed E-state index contributed by atoms with van der Waals surface area (Å²) in [6.45, 7) is 3.15. The van der Waals surface area contributed by atoms with E-state index in [9.17, 15) is 4.79 Å². The summed E-state index contributed by atoms with van der Waals surface area (Å²) in [6, 6.07) is 5.78. The normalized spacial score (nSPS) is 11.1. The van der Waals surface area contributed by atoms with Crippen molar-refractivity contribution in [3.63, 3.8) is 0 Å². The molecule has 2 rings (SSSR count). The molecule has 15 heavy (non-hydrogen) atoms. The van der Waals surface area contributed by atoms with Gasteiger partial charge in [0.05, 0.1) is 5.52 Å². The van der Waals surface area contributed by atoms with Gasteiger partial charge in [-0.25, -0.2) is 4.79 Å². The second kappa shape index (κ2) is 3.90. The lowest BCUT2D eigenvalue weighted by Crippen LogP contribution is -2.11. The summed E-state index contributed by atoms with van der Waals surface area (Å²) in [5, 5.41) is 0. The maximum Gasteiger partial charge on any atom is 0.419 e. The molecule has 0 aliphatic heterocycles. The molecule has 0 radical (unpaired) electrons. The van der Waals surface area contributed by atoms with Gasteiger partial charge < -0.3 is 10.2 Å². The maximum atomic E-state index is 11.4. The Bertz CT molecular complexity index is 525. The standard InChI is InChI=1S/C11H14N2O2/c1-2-13-9-4-3-8(5-6-12)7-10(9)15-11(13)14/h3-4,7H,2,5-6,12H2,1H3. The first-order valence-electron chi connectivity index (χ1n) is 5.08. The van der Waals surface area contributed by atoms with Gasteiger partial charge in [-0.3, -0.25) is 4.57 Å². The molecule has 0 aliphatic rings. The molecule has 0 unspecified atom stereocenters. The van der Waals surface area contributed by atoms with Gasteiger partial charge in [-0.15, -0.1) is 0 Å². The molecule has 1 aromatic carbocycles. The van der Waals surface area contributed by atoms with Gasteiger partial charge in [0.2, 0.25) is 0 Å². The molecule has 0 saturated carbocycles. The summed E-state index contributed by atoms with van der Waals surface area (Å²) in [4.78, 5) is 11.4. The molecule has 80 valence electrons. The summed E-state index contributed by atoms with van der Waals surface area (Å²) in [7, 11) is 0. The van der Waals surface area contributed by atoms with Crippen LogP contribution >= 0.6 is 0 Å². The Labute approximate surface area is 87.3 Å². The van der Waals surface area contributed by atoms with Crippen molar-refractivity contribution in [2.75, 3.05) is 6.54 Å². The number of nitrogens with zero attached hydrogens (tertiary/aromatic N) is 1. The average molecular weight is 206 g/mol. The number of hydrogen-bond acceptors (Lipinski definition) is 3. The Hall–Kier alpha value is -1.55. The van der Waals surface area contributed by atoms with E-state index in [-0.39, 0.29) is 5.76 Å². The summed E-state index contributed by atoms with van der Waals surface area (Å²) in [5.41, 5.74) is 8.06. The van der Waals surface area contributed by atoms with Crippen LogP contribution in [-0.2, 0) is 13.0 Å². The number of oxazole rings is 1. The third-order valence-electron chi connectivity index (χ3n) is 2.48. The molecule has 0 atom stereocenters. The van der Waals surface area contributed by atoms with E-state index in [1.165, 1.54) is 0 Å². The van der Waals surface area contributed by atoms with Crippen LogP contribution in [0, 0.1) is 0 Å². The molecular formula is C11H14N2O2. The first kappa shape index (κ1) is 9.98. The first-order chi connectivity index (χ1) is 7.26. The molecular weight excluding hydrogens is 192 g/mol. The fourth-order valence-corrected chi connectivity index (χ4v) is 1.73. The van der Waals surface area contributed by atoms with E-state index in [0.29, 0.717) is 18.7 Å². The third kappa shape index (κ3) is 1.68. The number of nitrogens with two attached hydrogens (primary N) is 1. The van der Waals surface area contributed by atoms with E-state index >= 15 is 0 Å². The minimum atomic E-state index is -0.294. The number of aryl methyl sites for hydroxylation is 1. The van der Waals surface area contributed by atoms with Crippen molar-refractivity contribution < 1.29 is 4.42 Å². The van der Waals surface area contributed by atoms with Crippen molar-refractivity contribution in [1.82, 2.24) is 4.57 Å². The molecule has 0 fully saturated rings. The van der Waals surface area contributed by atoms with Crippen molar-refractivity contribution in [2.24, 2.45) is 5.73 Å². The summed E-state index contributed by atoms with van der Waals surface area (Å²) < 4.78 is 6.76. The molecule has 4 nitrogen and oxygen atoms in total. The van der Waals surface area contributed by atoms with Crippen LogP contribution in [-0.4, -0.2) is 11.1 Å². The molecule has 2 aromatic rings. The van der Waals surface area contributed by atoms with E-state index in [1.54, 1.807) is 4.57 Å². The van der Waals surface area contributed by atoms with Gasteiger partial charge in [-0.1, -0.05) is 6.07 Å². The highest BCUT2D eigenvalue weighted by atomic mass is 16.4. The van der Waals surface area contributed by atoms with Crippen LogP contribution in [0.1, 0.15) is 12.5 Å². The Morgan fingerprint density at radius 3 is 2.93 bits per heavy atom. The Balaban J connectivity index is 2.59. The fraction of sp³-hybridized carbons (Fsp3) is 0.364. The number of rotatable bonds is 3. The van der Waals surface area contributed by atoms with Crippen molar-refractivity contribution in [1.29, 1.82) is 0 Å². The second-order valence-corrected chi connectivity index (χ2v) is 3.45. The van der Waals surface area contributed by atoms with Gasteiger partial charge in [0.15, 0.2) is 5.58 Å². The fourth-order valence-electron chi connectivity index (χ4n) is 1.73. The van der Waals surface area contributed by atoms with Crippen LogP contribution in [0.25, 0.3) is 11.1 Å². The van der Waals surface area contributed by atoms with Gasteiger partial charge in [-0.2, -0.15) is 0 Å². The number of fused-ring (bicyclic) bond motifs is 1. The van der Waals surface area contributed by atoms with E-state index in [2.05, 4.69) is 0 Å². The smallest absolute Gasteiger partial charge is 0.408 e. The zero-order valence-corrected chi connectivity index (χ0v) is 8.69. The molecule has 1 heterocycles. The van der Waals surface area contributed by atoms with E-state index in [4.69, 9.17) is 10.2 Å². The van der Waals surface area contributed by atoms with Crippen molar-refractivity contribution >= 4 is 11.1 Å². The van der Waals surface area contributed by atoms with Crippen molar-refractivity contribution in [3.8, 4) is 0 Å². The van der Waals surface area contributed by atoms with Gasteiger partial charge >= 0.3 is 5.76 Å². The van der Waals surface area contributed by atoms with Crippen molar-refractivity contribution in [3.05, 3.63) is 34.3 Å². The second-order valence-electron chi connectivity index (χ2n) is 3.45. The predicted molar refractivity (Wildman–Crippen MR) is 58.9 cm³/mol. The average Bonchev–Trinajstić information content (AvgIpc) is 2.53. The monoisotopic (exact) mass is 206 g/mol. The topological polar surface area (TPSA) is 61.2 Å². The van der Waals surface area contributed by atoms with E-state index in [1.807, 2.05) is 25.1 Å². The highest BCUT2D eigenvalue weighted by molar-refractivity contribution is 5.73. The van der Waals surface area contributed by atoms with Gasteiger partial charge in [0, 0.05) is 6.54 Å². The molecule has 4 heteroatoms. The van der Waals surface area contributed by atoms with E-state index in [0.717, 1.165) is 17.5 Å². The molecule has 0 bridgehead atoms. The first-order valence-corrected chi connectivity index (χ1v) is 5.08. The Kier molecular flexibility index (Phi) is 2.60. The van der Waals surface area contributed by atoms with Crippen LogP contribution in [0.2, 0.25) is 0 Å². The van der Waals surface area contributed by atoms with Crippen LogP contribution in [0.5, 0.6) is 0 Å². The molecule has 0 spiro atoms. The Morgan fingerprint density at radius 2 is 2.27 bits per heavy atom. The lowest BCUT2D eigenvalue weighted by atomic mass is 10.1. The number of benzene rings is 1. The van der Waals surface area contributed by atoms with Crippen LogP contribution in [0.3, 0.4) is 0 Å². The third-order valence-corrected chi connectivity index (χ3v) is 2.48. The summed E-state index contributed by atoms with van der Waals surface area (Å²) >= 11 is 0. The quantitative estimate of drug-likeness (QED) is 0.818. The van der Waals surface area contributed by atoms with Crippen molar-refractivity contribution in [2.45, 2.75) is 19.9 Å². The zero-order chi connectivity index (χ0) is 10.8. The minimum absolute atomic E-state index is 0.294. The van der Waals surface area contributed by atoms with Gasteiger partial charge in [0.25, 0.3) is 0 Å². The maximum absolute atomic E-state index is 11.4. The largest absolute Gasteiger partial charge is 0.419 e.